The van der Waals surface area contributed by atoms with Crippen molar-refractivity contribution < 1.29 is 19.1 Å². The number of carbonyl (C=O) groups excluding carboxylic acids is 2. The summed E-state index contributed by atoms with van der Waals surface area (Å²) in [4.78, 5) is 34.7. The number of fused-ring (bicyclic) bond motifs is 1. The molecule has 1 aromatic rings. The van der Waals surface area contributed by atoms with Gasteiger partial charge in [-0.2, -0.15) is 0 Å². The van der Waals surface area contributed by atoms with Crippen LogP contribution in [0.2, 0.25) is 5.02 Å². The molecule has 10 heteroatoms. The first kappa shape index (κ1) is 24.8. The van der Waals surface area contributed by atoms with Crippen LogP contribution in [0.1, 0.15) is 31.4 Å². The van der Waals surface area contributed by atoms with E-state index in [0.717, 1.165) is 49.3 Å². The second-order valence-corrected chi connectivity index (χ2v) is 9.41. The average molecular weight is 505 g/mol. The van der Waals surface area contributed by atoms with Gasteiger partial charge in [0.15, 0.2) is 5.17 Å². The fourth-order valence-electron chi connectivity index (χ4n) is 4.31. The molecule has 8 nitrogen and oxygen atoms in total. The maximum atomic E-state index is 12.9. The Morgan fingerprint density at radius 3 is 2.82 bits per heavy atom. The molecule has 0 bridgehead atoms. The summed E-state index contributed by atoms with van der Waals surface area (Å²) in [6.07, 6.45) is 0.763. The Bertz CT molecular complexity index is 1040. The van der Waals surface area contributed by atoms with Crippen molar-refractivity contribution in [1.29, 1.82) is 0 Å². The minimum Gasteiger partial charge on any atom is -0.466 e. The molecule has 3 aliphatic heterocycles. The van der Waals surface area contributed by atoms with Gasteiger partial charge >= 0.3 is 5.97 Å². The van der Waals surface area contributed by atoms with E-state index in [1.807, 2.05) is 35.4 Å². The molecule has 0 aromatic heterocycles. The molecule has 34 heavy (non-hydrogen) atoms. The van der Waals surface area contributed by atoms with Gasteiger partial charge in [0.1, 0.15) is 0 Å². The number of carbonyl (C=O) groups is 2. The number of aliphatic imine (C=N–C) groups is 1. The first-order valence-corrected chi connectivity index (χ1v) is 12.6. The van der Waals surface area contributed by atoms with Gasteiger partial charge in [0, 0.05) is 36.9 Å². The smallest absolute Gasteiger partial charge is 0.338 e. The zero-order chi connectivity index (χ0) is 24.1. The first-order valence-electron chi connectivity index (χ1n) is 11.4. The topological polar surface area (TPSA) is 83.5 Å². The van der Waals surface area contributed by atoms with Crippen molar-refractivity contribution in [3.05, 3.63) is 57.2 Å². The van der Waals surface area contributed by atoms with E-state index in [2.05, 4.69) is 10.2 Å². The molecule has 0 radical (unpaired) electrons. The maximum absolute atomic E-state index is 12.9. The first-order chi connectivity index (χ1) is 16.5. The van der Waals surface area contributed by atoms with E-state index in [-0.39, 0.29) is 12.3 Å². The van der Waals surface area contributed by atoms with Crippen molar-refractivity contribution in [2.75, 3.05) is 46.5 Å². The summed E-state index contributed by atoms with van der Waals surface area (Å²) in [6.45, 7) is 6.56. The maximum Gasteiger partial charge on any atom is 0.338 e. The fraction of sp³-hybridized carbons (Fsp3) is 0.458. The number of benzene rings is 1. The lowest BCUT2D eigenvalue weighted by atomic mass is 9.93. The number of methoxy groups -OCH3 is 1. The number of halogens is 1. The third-order valence-corrected chi connectivity index (χ3v) is 7.11. The van der Waals surface area contributed by atoms with E-state index in [1.54, 1.807) is 6.07 Å². The molecular formula is C24H29ClN4O4S. The molecule has 1 unspecified atom stereocenters. The number of nitrogens with one attached hydrogen (secondary N) is 1. The van der Waals surface area contributed by atoms with Gasteiger partial charge in [-0.15, -0.1) is 0 Å². The van der Waals surface area contributed by atoms with Crippen molar-refractivity contribution in [2.45, 2.75) is 25.8 Å². The number of nitrogens with zero attached hydrogens (tertiary/aromatic N) is 3. The molecule has 1 saturated heterocycles. The number of morpholine rings is 1. The summed E-state index contributed by atoms with van der Waals surface area (Å²) in [5, 5.41) is 6.27. The van der Waals surface area contributed by atoms with Crippen LogP contribution in [0.25, 0.3) is 0 Å². The predicted molar refractivity (Wildman–Crippen MR) is 133 cm³/mol. The lowest BCUT2D eigenvalue weighted by Gasteiger charge is -2.36. The van der Waals surface area contributed by atoms with Crippen molar-refractivity contribution >= 4 is 40.4 Å². The second-order valence-electron chi connectivity index (χ2n) is 8.14. The SMILES string of the molecule is CCC1=C(C(=O)OC)C(c2cccc(Cl)c2)N2C(CC(=O)NCCN3CCOCC3)=CSC2=N1. The molecule has 1 amide bonds. The summed E-state index contributed by atoms with van der Waals surface area (Å²) in [5.74, 6) is -0.507. The number of amidine groups is 1. The molecule has 1 atom stereocenters. The van der Waals surface area contributed by atoms with Crippen LogP contribution in [-0.2, 0) is 19.1 Å². The van der Waals surface area contributed by atoms with Crippen LogP contribution in [0.3, 0.4) is 0 Å². The van der Waals surface area contributed by atoms with Gasteiger partial charge in [-0.25, -0.2) is 9.79 Å². The molecule has 0 spiro atoms. The highest BCUT2D eigenvalue weighted by Gasteiger charge is 2.41. The van der Waals surface area contributed by atoms with Crippen LogP contribution in [0.4, 0.5) is 0 Å². The minimum atomic E-state index is -0.476. The van der Waals surface area contributed by atoms with E-state index >= 15 is 0 Å². The standard InChI is InChI=1S/C24H29ClN4O4S/c1-3-19-21(23(31)32-2)22(16-5-4-6-17(25)13-16)29-18(15-34-24(29)27-19)14-20(30)26-7-8-28-9-11-33-12-10-28/h4-6,13,15,22H,3,7-12,14H2,1-2H3,(H,26,30). The second kappa shape index (κ2) is 11.4. The van der Waals surface area contributed by atoms with Crippen molar-refractivity contribution in [2.24, 2.45) is 4.99 Å². The largest absolute Gasteiger partial charge is 0.466 e. The summed E-state index contributed by atoms with van der Waals surface area (Å²) in [5.41, 5.74) is 2.78. The normalized spacial score (nSPS) is 20.6. The summed E-state index contributed by atoms with van der Waals surface area (Å²) in [7, 11) is 1.37. The van der Waals surface area contributed by atoms with Gasteiger partial charge in [0.05, 0.1) is 44.1 Å². The minimum absolute atomic E-state index is 0.0731. The average Bonchev–Trinajstić information content (AvgIpc) is 3.25. The molecule has 182 valence electrons. The molecule has 1 N–H and O–H groups in total. The van der Waals surface area contributed by atoms with Crippen molar-refractivity contribution in [1.82, 2.24) is 15.1 Å². The quantitative estimate of drug-likeness (QED) is 0.544. The van der Waals surface area contributed by atoms with Crippen molar-refractivity contribution in [3.8, 4) is 0 Å². The van der Waals surface area contributed by atoms with Crippen LogP contribution < -0.4 is 5.32 Å². The van der Waals surface area contributed by atoms with E-state index in [0.29, 0.717) is 29.3 Å². The van der Waals surface area contributed by atoms with Gasteiger partial charge in [-0.1, -0.05) is 42.4 Å². The molecule has 0 saturated carbocycles. The Morgan fingerprint density at radius 1 is 1.32 bits per heavy atom. The van der Waals surface area contributed by atoms with Crippen LogP contribution in [-0.4, -0.2) is 73.3 Å². The van der Waals surface area contributed by atoms with Crippen LogP contribution >= 0.6 is 23.4 Å². The van der Waals surface area contributed by atoms with Crippen LogP contribution in [0.15, 0.2) is 51.6 Å². The molecular weight excluding hydrogens is 476 g/mol. The zero-order valence-electron chi connectivity index (χ0n) is 19.4. The molecule has 3 heterocycles. The molecule has 1 aromatic carbocycles. The number of hydrogen-bond acceptors (Lipinski definition) is 8. The van der Waals surface area contributed by atoms with Gasteiger partial charge in [-0.3, -0.25) is 9.69 Å². The lowest BCUT2D eigenvalue weighted by molar-refractivity contribution is -0.136. The van der Waals surface area contributed by atoms with Crippen molar-refractivity contribution in [3.63, 3.8) is 0 Å². The third kappa shape index (κ3) is 5.49. The Labute approximate surface area is 209 Å². The monoisotopic (exact) mass is 504 g/mol. The van der Waals surface area contributed by atoms with E-state index < -0.39 is 12.0 Å². The van der Waals surface area contributed by atoms with Gasteiger partial charge in [-0.05, 0) is 29.5 Å². The Hall–Kier alpha value is -2.33. The zero-order valence-corrected chi connectivity index (χ0v) is 21.0. The van der Waals surface area contributed by atoms with E-state index in [4.69, 9.17) is 26.1 Å². The predicted octanol–water partition coefficient (Wildman–Crippen LogP) is 3.32. The van der Waals surface area contributed by atoms with Crippen LogP contribution in [0.5, 0.6) is 0 Å². The summed E-state index contributed by atoms with van der Waals surface area (Å²) < 4.78 is 10.5. The van der Waals surface area contributed by atoms with Gasteiger partial charge in [0.2, 0.25) is 5.91 Å². The number of amides is 1. The number of ether oxygens (including phenoxy) is 2. The Balaban J connectivity index is 1.54. The number of hydrogen-bond donors (Lipinski definition) is 1. The highest BCUT2D eigenvalue weighted by atomic mass is 35.5. The number of thioether (sulfide) groups is 1. The van der Waals surface area contributed by atoms with Crippen LogP contribution in [0, 0.1) is 0 Å². The lowest BCUT2D eigenvalue weighted by Crippen LogP contribution is -2.42. The molecule has 1 fully saturated rings. The number of allylic oxidation sites excluding steroid dienone is 1. The van der Waals surface area contributed by atoms with Gasteiger partial charge < -0.3 is 19.7 Å². The van der Waals surface area contributed by atoms with E-state index in [9.17, 15) is 9.59 Å². The Morgan fingerprint density at radius 2 is 2.12 bits per heavy atom. The Kier molecular flexibility index (Phi) is 8.31. The third-order valence-electron chi connectivity index (χ3n) is 5.99. The highest BCUT2D eigenvalue weighted by molar-refractivity contribution is 8.16. The highest BCUT2D eigenvalue weighted by Crippen LogP contribution is 2.45. The summed E-state index contributed by atoms with van der Waals surface area (Å²) >= 11 is 7.76. The molecule has 0 aliphatic carbocycles. The molecule has 3 aliphatic rings. The van der Waals surface area contributed by atoms with E-state index in [1.165, 1.54) is 18.9 Å². The number of rotatable bonds is 8. The fourth-order valence-corrected chi connectivity index (χ4v) is 5.45. The number of esters is 1. The molecule has 4 rings (SSSR count). The van der Waals surface area contributed by atoms with Gasteiger partial charge in [0.25, 0.3) is 0 Å². The summed E-state index contributed by atoms with van der Waals surface area (Å²) in [6, 6.07) is 6.94.